The molecule has 0 bridgehead atoms. The van der Waals surface area contributed by atoms with Crippen LogP contribution in [0.15, 0.2) is 42.0 Å². The fraction of sp³-hybridized carbons (Fsp3) is 0.657. The minimum Gasteiger partial charge on any atom is -0.385 e. The summed E-state index contributed by atoms with van der Waals surface area (Å²) in [7, 11) is 0. The van der Waals surface area contributed by atoms with Gasteiger partial charge in [-0.15, -0.1) is 5.92 Å². The van der Waals surface area contributed by atoms with Crippen molar-refractivity contribution in [2.24, 2.45) is 22.7 Å². The van der Waals surface area contributed by atoms with Crippen LogP contribution in [0.3, 0.4) is 0 Å². The van der Waals surface area contributed by atoms with Gasteiger partial charge in [-0.25, -0.2) is 9.78 Å². The Kier molecular flexibility index (Phi) is 6.33. The van der Waals surface area contributed by atoms with E-state index < -0.39 is 16.8 Å². The van der Waals surface area contributed by atoms with Crippen LogP contribution in [0, 0.1) is 34.5 Å². The van der Waals surface area contributed by atoms with Crippen LogP contribution in [0.2, 0.25) is 0 Å². The minimum absolute atomic E-state index is 0.0330. The van der Waals surface area contributed by atoms with E-state index in [1.54, 1.807) is 0 Å². The maximum atomic E-state index is 12.4. The van der Waals surface area contributed by atoms with Gasteiger partial charge in [-0.1, -0.05) is 68.7 Å². The average molecular weight is 531 g/mol. The second-order valence-electron chi connectivity index (χ2n) is 14.6. The Balaban J connectivity index is 1.46. The summed E-state index contributed by atoms with van der Waals surface area (Å²) >= 11 is 0. The average Bonchev–Trinajstić information content (AvgIpc) is 3.12. The molecule has 1 unspecified atom stereocenters. The van der Waals surface area contributed by atoms with Gasteiger partial charge in [0.25, 0.3) is 0 Å². The molecule has 4 fully saturated rings. The summed E-state index contributed by atoms with van der Waals surface area (Å²) in [6.45, 7) is 15.4. The van der Waals surface area contributed by atoms with Gasteiger partial charge >= 0.3 is 0 Å². The molecule has 210 valence electrons. The van der Waals surface area contributed by atoms with E-state index >= 15 is 0 Å². The van der Waals surface area contributed by atoms with Gasteiger partial charge in [-0.3, -0.25) is 0 Å². The van der Waals surface area contributed by atoms with Crippen molar-refractivity contribution in [3.8, 4) is 11.8 Å². The Bertz CT molecular complexity index is 1260. The lowest BCUT2D eigenvalue weighted by Gasteiger charge is -2.58. The molecule has 0 amide bonds. The van der Waals surface area contributed by atoms with Gasteiger partial charge in [0, 0.05) is 17.8 Å². The molecule has 0 radical (unpaired) electrons. The first-order valence-corrected chi connectivity index (χ1v) is 15.0. The Morgan fingerprint density at radius 3 is 2.44 bits per heavy atom. The molecule has 7 atom stereocenters. The third-order valence-electron chi connectivity index (χ3n) is 11.3. The molecule has 6 rings (SSSR count). The van der Waals surface area contributed by atoms with Crippen LogP contribution in [0.1, 0.15) is 109 Å². The second kappa shape index (κ2) is 9.05. The smallest absolute Gasteiger partial charge is 0.131 e. The summed E-state index contributed by atoms with van der Waals surface area (Å²) in [5.74, 6) is 7.19. The number of rotatable bonds is 2. The van der Waals surface area contributed by atoms with Crippen LogP contribution in [-0.2, 0) is 9.78 Å². The maximum Gasteiger partial charge on any atom is 0.131 e. The lowest BCUT2D eigenvalue weighted by Crippen LogP contribution is -2.57. The number of hydrogen-bond donors (Lipinski definition) is 2. The highest BCUT2D eigenvalue weighted by Crippen LogP contribution is 2.68. The Morgan fingerprint density at radius 2 is 1.77 bits per heavy atom. The highest BCUT2D eigenvalue weighted by molar-refractivity contribution is 5.61. The SMILES string of the molecule is C=C(C)c1ccc([C@H]2C[C@@]3(C)[C@@H](CC[C@@]3(O)C#CC)[C@@H]3CC[C@@]4(O)CC5(CCC4=C32)CC(C)(C)COO5)cc1. The maximum absolute atomic E-state index is 12.4. The molecule has 1 spiro atoms. The van der Waals surface area contributed by atoms with Gasteiger partial charge in [0.2, 0.25) is 0 Å². The molecule has 4 heteroatoms. The molecule has 39 heavy (non-hydrogen) atoms. The lowest BCUT2D eigenvalue weighted by atomic mass is 9.49. The van der Waals surface area contributed by atoms with Crippen molar-refractivity contribution in [1.29, 1.82) is 0 Å². The molecule has 0 aromatic heterocycles. The van der Waals surface area contributed by atoms with Crippen LogP contribution >= 0.6 is 0 Å². The number of fused-ring (bicyclic) bond motifs is 4. The third-order valence-corrected chi connectivity index (χ3v) is 11.3. The Labute approximate surface area is 234 Å². The van der Waals surface area contributed by atoms with E-state index in [2.05, 4.69) is 63.5 Å². The van der Waals surface area contributed by atoms with E-state index in [9.17, 15) is 10.2 Å². The molecule has 1 aliphatic heterocycles. The largest absolute Gasteiger partial charge is 0.385 e. The topological polar surface area (TPSA) is 58.9 Å². The number of hydrogen-bond acceptors (Lipinski definition) is 4. The Hall–Kier alpha value is -1.90. The van der Waals surface area contributed by atoms with Gasteiger partial charge in [-0.05, 0) is 99.2 Å². The molecule has 5 aliphatic rings. The summed E-state index contributed by atoms with van der Waals surface area (Å²) in [6.07, 6.45) is 7.45. The third kappa shape index (κ3) is 4.19. The van der Waals surface area contributed by atoms with Gasteiger partial charge in [-0.2, -0.15) is 0 Å². The van der Waals surface area contributed by atoms with Crippen molar-refractivity contribution in [3.63, 3.8) is 0 Å². The van der Waals surface area contributed by atoms with E-state index in [0.717, 1.165) is 62.5 Å². The monoisotopic (exact) mass is 530 g/mol. The summed E-state index contributed by atoms with van der Waals surface area (Å²) in [5, 5.41) is 24.3. The second-order valence-corrected chi connectivity index (χ2v) is 14.6. The number of benzene rings is 1. The van der Waals surface area contributed by atoms with E-state index in [-0.39, 0.29) is 16.7 Å². The molecular weight excluding hydrogens is 484 g/mol. The normalized spacial score (nSPS) is 42.7. The van der Waals surface area contributed by atoms with Crippen LogP contribution in [0.5, 0.6) is 0 Å². The molecular formula is C35H46O4. The summed E-state index contributed by atoms with van der Waals surface area (Å²) < 4.78 is 0. The van der Waals surface area contributed by atoms with Gasteiger partial charge in [0.1, 0.15) is 11.2 Å². The predicted octanol–water partition coefficient (Wildman–Crippen LogP) is 7.12. The van der Waals surface area contributed by atoms with Crippen molar-refractivity contribution in [1.82, 2.24) is 0 Å². The summed E-state index contributed by atoms with van der Waals surface area (Å²) in [5.41, 5.74) is 3.65. The van der Waals surface area contributed by atoms with Gasteiger partial charge in [0.15, 0.2) is 0 Å². The molecule has 1 saturated heterocycles. The van der Waals surface area contributed by atoms with Gasteiger partial charge < -0.3 is 10.2 Å². The van der Waals surface area contributed by atoms with E-state index in [0.29, 0.717) is 24.9 Å². The number of allylic oxidation sites excluding steroid dienone is 2. The zero-order valence-electron chi connectivity index (χ0n) is 24.5. The number of aliphatic hydroxyl groups is 2. The van der Waals surface area contributed by atoms with Crippen LogP contribution < -0.4 is 0 Å². The lowest BCUT2D eigenvalue weighted by molar-refractivity contribution is -0.414. The zero-order valence-corrected chi connectivity index (χ0v) is 24.5. The standard InChI is InChI=1S/C35H46O4/c1-7-15-35(37)18-14-28-26-12-17-34(36)21-33(20-31(4,5)22-38-39-33)16-13-29(34)30(26)27(19-32(28,35)6)25-10-8-24(9-11-25)23(2)3/h8-11,26-28,36-37H,2,12-14,16-22H2,1,3-6H3/t26-,27+,28-,32-,33?,34+,35-/m0/s1. The van der Waals surface area contributed by atoms with Crippen molar-refractivity contribution in [3.05, 3.63) is 53.1 Å². The molecule has 1 aromatic carbocycles. The summed E-state index contributed by atoms with van der Waals surface area (Å²) in [6, 6.07) is 8.86. The van der Waals surface area contributed by atoms with Crippen molar-refractivity contribution >= 4 is 5.57 Å². The first-order chi connectivity index (χ1) is 18.3. The van der Waals surface area contributed by atoms with Crippen LogP contribution in [0.4, 0.5) is 0 Å². The van der Waals surface area contributed by atoms with Crippen molar-refractivity contribution in [2.45, 2.75) is 115 Å². The highest BCUT2D eigenvalue weighted by Gasteiger charge is 2.64. The fourth-order valence-electron chi connectivity index (χ4n) is 9.60. The Morgan fingerprint density at radius 1 is 1.03 bits per heavy atom. The molecule has 1 aromatic rings. The van der Waals surface area contributed by atoms with E-state index in [4.69, 9.17) is 9.78 Å². The first-order valence-electron chi connectivity index (χ1n) is 15.0. The van der Waals surface area contributed by atoms with E-state index in [1.807, 2.05) is 13.8 Å². The zero-order chi connectivity index (χ0) is 27.8. The highest BCUT2D eigenvalue weighted by atomic mass is 17.2. The van der Waals surface area contributed by atoms with Crippen LogP contribution in [-0.4, -0.2) is 33.6 Å². The molecule has 4 nitrogen and oxygen atoms in total. The molecule has 1 heterocycles. The minimum atomic E-state index is -0.970. The van der Waals surface area contributed by atoms with Crippen molar-refractivity contribution < 1.29 is 20.0 Å². The quantitative estimate of drug-likeness (QED) is 0.243. The van der Waals surface area contributed by atoms with Crippen LogP contribution in [0.25, 0.3) is 5.57 Å². The molecule has 3 saturated carbocycles. The van der Waals surface area contributed by atoms with Crippen molar-refractivity contribution in [2.75, 3.05) is 6.61 Å². The summed E-state index contributed by atoms with van der Waals surface area (Å²) in [4.78, 5) is 11.7. The van der Waals surface area contributed by atoms with E-state index in [1.165, 1.54) is 16.7 Å². The molecule has 2 N–H and O–H groups in total. The predicted molar refractivity (Wildman–Crippen MR) is 154 cm³/mol. The first kappa shape index (κ1) is 27.3. The fourth-order valence-corrected chi connectivity index (χ4v) is 9.60. The molecule has 4 aliphatic carbocycles. The van der Waals surface area contributed by atoms with Gasteiger partial charge in [0.05, 0.1) is 12.2 Å².